The number of benzene rings is 1. The van der Waals surface area contributed by atoms with Gasteiger partial charge < -0.3 is 5.32 Å². The van der Waals surface area contributed by atoms with Crippen LogP contribution in [0.5, 0.6) is 0 Å². The lowest BCUT2D eigenvalue weighted by Crippen LogP contribution is -2.17. The number of halogens is 6. The van der Waals surface area contributed by atoms with Crippen molar-refractivity contribution in [1.82, 2.24) is 9.78 Å². The van der Waals surface area contributed by atoms with Gasteiger partial charge in [0, 0.05) is 33.4 Å². The number of amides is 1. The summed E-state index contributed by atoms with van der Waals surface area (Å²) >= 11 is 12.2. The molecule has 1 aromatic heterocycles. The largest absolute Gasteiger partial charge is 0.436 e. The van der Waals surface area contributed by atoms with Gasteiger partial charge in [-0.2, -0.15) is 18.3 Å². The maximum atomic E-state index is 13.1. The van der Waals surface area contributed by atoms with E-state index in [0.717, 1.165) is 17.5 Å². The number of alkyl halides is 3. The second kappa shape index (κ2) is 8.23. The first kappa shape index (κ1) is 22.0. The third-order valence-electron chi connectivity index (χ3n) is 4.22. The van der Waals surface area contributed by atoms with Crippen molar-refractivity contribution in [2.45, 2.75) is 37.9 Å². The molecule has 1 heterocycles. The van der Waals surface area contributed by atoms with Gasteiger partial charge in [0.05, 0.1) is 27.9 Å². The molecule has 3 rings (SSSR count). The summed E-state index contributed by atoms with van der Waals surface area (Å²) in [5.41, 5.74) is -0.758. The Morgan fingerprint density at radius 1 is 1.34 bits per heavy atom. The minimum atomic E-state index is -4.68. The molecule has 0 saturated heterocycles. The van der Waals surface area contributed by atoms with E-state index in [4.69, 9.17) is 11.6 Å². The fourth-order valence-electron chi connectivity index (χ4n) is 2.75. The van der Waals surface area contributed by atoms with Crippen molar-refractivity contribution in [3.63, 3.8) is 0 Å². The minimum Gasteiger partial charge on any atom is -0.324 e. The van der Waals surface area contributed by atoms with Crippen LogP contribution in [0.1, 0.15) is 36.6 Å². The van der Waals surface area contributed by atoms with Crippen LogP contribution < -0.4 is 5.32 Å². The van der Waals surface area contributed by atoms with Crippen LogP contribution in [0.2, 0.25) is 5.02 Å². The maximum Gasteiger partial charge on any atom is 0.436 e. The average Bonchev–Trinajstić information content (AvgIpc) is 3.38. The van der Waals surface area contributed by atoms with E-state index in [1.165, 1.54) is 12.1 Å². The lowest BCUT2D eigenvalue weighted by molar-refractivity contribution is -0.385. The predicted octanol–water partition coefficient (Wildman–Crippen LogP) is 5.89. The molecule has 1 aliphatic carbocycles. The van der Waals surface area contributed by atoms with Gasteiger partial charge in [0.15, 0.2) is 5.69 Å². The van der Waals surface area contributed by atoms with Gasteiger partial charge in [-0.1, -0.05) is 11.6 Å². The van der Waals surface area contributed by atoms with Crippen molar-refractivity contribution in [3.05, 3.63) is 47.6 Å². The van der Waals surface area contributed by atoms with Crippen LogP contribution in [0.15, 0.2) is 21.1 Å². The molecule has 156 valence electrons. The summed E-state index contributed by atoms with van der Waals surface area (Å²) in [6.45, 7) is -0.0876. The number of anilines is 1. The fraction of sp³-hybridized carbons (Fsp3) is 0.375. The molecule has 1 aromatic carbocycles. The summed E-state index contributed by atoms with van der Waals surface area (Å²) in [7, 11) is 0. The van der Waals surface area contributed by atoms with E-state index in [2.05, 4.69) is 42.3 Å². The summed E-state index contributed by atoms with van der Waals surface area (Å²) < 4.78 is 41.0. The van der Waals surface area contributed by atoms with Crippen LogP contribution in [-0.4, -0.2) is 20.6 Å². The van der Waals surface area contributed by atoms with Gasteiger partial charge in [0.25, 0.3) is 5.69 Å². The van der Waals surface area contributed by atoms with E-state index in [9.17, 15) is 28.1 Å². The Morgan fingerprint density at radius 3 is 2.41 bits per heavy atom. The van der Waals surface area contributed by atoms with Gasteiger partial charge in [0.1, 0.15) is 0 Å². The van der Waals surface area contributed by atoms with Crippen molar-refractivity contribution in [3.8, 4) is 0 Å². The molecule has 13 heteroatoms. The van der Waals surface area contributed by atoms with Crippen LogP contribution in [-0.2, 0) is 17.5 Å². The normalized spacial score (nSPS) is 14.1. The Hall–Kier alpha value is -1.66. The summed E-state index contributed by atoms with van der Waals surface area (Å²) in [6, 6.07) is 2.46. The number of non-ortho nitro benzene ring substituents is 1. The molecule has 7 nitrogen and oxygen atoms in total. The summed E-state index contributed by atoms with van der Waals surface area (Å²) in [5, 5.41) is 16.6. The van der Waals surface area contributed by atoms with Crippen LogP contribution in [0.3, 0.4) is 0 Å². The Kier molecular flexibility index (Phi) is 6.25. The van der Waals surface area contributed by atoms with Crippen molar-refractivity contribution >= 4 is 60.7 Å². The lowest BCUT2D eigenvalue weighted by Gasteiger charge is -2.11. The quantitative estimate of drug-likeness (QED) is 0.352. The van der Waals surface area contributed by atoms with Crippen molar-refractivity contribution in [2.24, 2.45) is 0 Å². The van der Waals surface area contributed by atoms with Crippen molar-refractivity contribution in [1.29, 1.82) is 0 Å². The van der Waals surface area contributed by atoms with E-state index in [-0.39, 0.29) is 39.2 Å². The van der Waals surface area contributed by atoms with Crippen LogP contribution in [0.25, 0.3) is 0 Å². The zero-order chi connectivity index (χ0) is 21.5. The minimum absolute atomic E-state index is 0.0876. The van der Waals surface area contributed by atoms with E-state index < -0.39 is 27.7 Å². The average molecular weight is 561 g/mol. The van der Waals surface area contributed by atoms with Gasteiger partial charge in [-0.3, -0.25) is 19.6 Å². The summed E-state index contributed by atoms with van der Waals surface area (Å²) in [6.07, 6.45) is -3.40. The molecule has 0 radical (unpaired) electrons. The summed E-state index contributed by atoms with van der Waals surface area (Å²) in [4.78, 5) is 22.6. The van der Waals surface area contributed by atoms with E-state index in [1.54, 1.807) is 0 Å². The number of nitro groups is 1. The molecule has 2 aromatic rings. The fourth-order valence-corrected chi connectivity index (χ4v) is 4.50. The van der Waals surface area contributed by atoms with Crippen molar-refractivity contribution < 1.29 is 22.9 Å². The van der Waals surface area contributed by atoms with Gasteiger partial charge in [-0.25, -0.2) is 0 Å². The highest BCUT2D eigenvalue weighted by Gasteiger charge is 2.42. The van der Waals surface area contributed by atoms with E-state index in [1.807, 2.05) is 0 Å². The SMILES string of the molecule is O=C(CCn1nc(C(F)(F)F)c(Cl)c1C1CC1)Nc1c(Br)cc([N+](=O)[O-])cc1Br. The monoisotopic (exact) mass is 558 g/mol. The first-order valence-electron chi connectivity index (χ1n) is 8.25. The zero-order valence-corrected chi connectivity index (χ0v) is 18.3. The third-order valence-corrected chi connectivity index (χ3v) is 5.84. The Bertz CT molecular complexity index is 970. The number of nitro benzene ring substituents is 1. The second-order valence-corrected chi connectivity index (χ2v) is 8.47. The number of hydrogen-bond donors (Lipinski definition) is 1. The number of nitrogens with one attached hydrogen (secondary N) is 1. The van der Waals surface area contributed by atoms with E-state index >= 15 is 0 Å². The first-order valence-corrected chi connectivity index (χ1v) is 10.2. The van der Waals surface area contributed by atoms with Gasteiger partial charge in [0.2, 0.25) is 5.91 Å². The highest BCUT2D eigenvalue weighted by molar-refractivity contribution is 9.11. The number of aryl methyl sites for hydroxylation is 1. The van der Waals surface area contributed by atoms with Crippen LogP contribution in [0, 0.1) is 10.1 Å². The molecule has 0 bridgehead atoms. The number of carbonyl (C=O) groups is 1. The smallest absolute Gasteiger partial charge is 0.324 e. The molecule has 1 amide bonds. The molecular formula is C16H12Br2ClF3N4O3. The lowest BCUT2D eigenvalue weighted by atomic mass is 10.2. The van der Waals surface area contributed by atoms with Gasteiger partial charge >= 0.3 is 6.18 Å². The van der Waals surface area contributed by atoms with Crippen molar-refractivity contribution in [2.75, 3.05) is 5.32 Å². The molecule has 1 fully saturated rings. The molecule has 1 saturated carbocycles. The maximum absolute atomic E-state index is 13.1. The van der Waals surface area contributed by atoms with Gasteiger partial charge in [-0.05, 0) is 44.7 Å². The number of aromatic nitrogens is 2. The number of carbonyl (C=O) groups excluding carboxylic acids is 1. The Morgan fingerprint density at radius 2 is 1.93 bits per heavy atom. The second-order valence-electron chi connectivity index (χ2n) is 6.38. The van der Waals surface area contributed by atoms with Gasteiger partial charge in [-0.15, -0.1) is 0 Å². The first-order chi connectivity index (χ1) is 13.5. The molecule has 1 aliphatic rings. The Labute approximate surface area is 184 Å². The molecule has 29 heavy (non-hydrogen) atoms. The Balaban J connectivity index is 1.74. The number of hydrogen-bond acceptors (Lipinski definition) is 4. The molecule has 0 spiro atoms. The molecule has 0 aliphatic heterocycles. The number of nitrogens with zero attached hydrogens (tertiary/aromatic N) is 3. The highest BCUT2D eigenvalue weighted by Crippen LogP contribution is 2.47. The highest BCUT2D eigenvalue weighted by atomic mass is 79.9. The molecule has 0 atom stereocenters. The van der Waals surface area contributed by atoms with Crippen LogP contribution >= 0.6 is 43.5 Å². The molecule has 0 unspecified atom stereocenters. The molecular weight excluding hydrogens is 548 g/mol. The number of rotatable bonds is 6. The summed E-state index contributed by atoms with van der Waals surface area (Å²) in [5.74, 6) is -0.589. The zero-order valence-electron chi connectivity index (χ0n) is 14.4. The predicted molar refractivity (Wildman–Crippen MR) is 106 cm³/mol. The van der Waals surface area contributed by atoms with Crippen LogP contribution in [0.4, 0.5) is 24.5 Å². The third kappa shape index (κ3) is 4.92. The van der Waals surface area contributed by atoms with E-state index in [0.29, 0.717) is 5.69 Å². The standard InChI is InChI=1S/C16H12Br2ClF3N4O3/c17-9-5-8(26(28)29)6-10(18)13(9)23-11(27)3-4-25-14(7-1-2-7)12(19)15(24-25)16(20,21)22/h5-7H,1-4H2,(H,23,27). The molecule has 1 N–H and O–H groups in total. The topological polar surface area (TPSA) is 90.1 Å².